The first kappa shape index (κ1) is 26.5. The molecule has 9 rings (SSSR count). The maximum atomic E-state index is 5.38. The van der Waals surface area contributed by atoms with Crippen LogP contribution in [-0.4, -0.2) is 14.1 Å². The van der Waals surface area contributed by atoms with E-state index in [0.29, 0.717) is 0 Å². The molecule has 0 aliphatic carbocycles. The Labute approximate surface area is 267 Å². The van der Waals surface area contributed by atoms with Gasteiger partial charge in [-0.1, -0.05) is 109 Å². The highest BCUT2D eigenvalue weighted by Crippen LogP contribution is 2.41. The van der Waals surface area contributed by atoms with E-state index >= 15 is 0 Å². The largest absolute Gasteiger partial charge is 0.314 e. The summed E-state index contributed by atoms with van der Waals surface area (Å²) in [4.78, 5) is 5.38. The summed E-state index contributed by atoms with van der Waals surface area (Å²) in [6.45, 7) is 4.47. The van der Waals surface area contributed by atoms with Crippen LogP contribution in [0.3, 0.4) is 0 Å². The Bertz CT molecular complexity index is 2520. The summed E-state index contributed by atoms with van der Waals surface area (Å²) in [6, 6.07) is 54.3. The van der Waals surface area contributed by atoms with Crippen molar-refractivity contribution >= 4 is 43.5 Å². The quantitative estimate of drug-likeness (QED) is 0.200. The number of benzene rings is 6. The van der Waals surface area contributed by atoms with Crippen molar-refractivity contribution in [2.75, 3.05) is 0 Å². The van der Waals surface area contributed by atoms with Gasteiger partial charge in [-0.2, -0.15) is 0 Å². The number of hydrogen-bond acceptors (Lipinski definition) is 1. The van der Waals surface area contributed by atoms with Gasteiger partial charge in [0.2, 0.25) is 0 Å². The van der Waals surface area contributed by atoms with Crippen molar-refractivity contribution in [3.05, 3.63) is 163 Å². The summed E-state index contributed by atoms with van der Waals surface area (Å²) >= 11 is 0. The normalized spacial score (nSPS) is 11.7. The molecule has 0 spiro atoms. The van der Waals surface area contributed by atoms with Crippen molar-refractivity contribution in [1.29, 1.82) is 0 Å². The van der Waals surface area contributed by atoms with Gasteiger partial charge in [0.05, 0.1) is 22.2 Å². The van der Waals surface area contributed by atoms with Crippen LogP contribution in [0.1, 0.15) is 11.3 Å². The van der Waals surface area contributed by atoms with E-state index in [-0.39, 0.29) is 0 Å². The number of nitrogens with zero attached hydrogens (tertiary/aromatic N) is 3. The predicted octanol–water partition coefficient (Wildman–Crippen LogP) is 11.2. The van der Waals surface area contributed by atoms with Crippen LogP contribution in [0, 0.1) is 13.8 Å². The second kappa shape index (κ2) is 10.3. The van der Waals surface area contributed by atoms with E-state index in [1.165, 1.54) is 55.0 Å². The number of pyridine rings is 1. The van der Waals surface area contributed by atoms with Gasteiger partial charge in [-0.25, -0.2) is 4.98 Å². The number of fused-ring (bicyclic) bond motifs is 6. The fourth-order valence-electron chi connectivity index (χ4n) is 7.19. The molecule has 0 aliphatic rings. The highest BCUT2D eigenvalue weighted by atomic mass is 15.1. The van der Waals surface area contributed by atoms with Crippen molar-refractivity contribution in [2.45, 2.75) is 13.8 Å². The van der Waals surface area contributed by atoms with Crippen molar-refractivity contribution in [1.82, 2.24) is 14.1 Å². The van der Waals surface area contributed by atoms with Gasteiger partial charge in [0.25, 0.3) is 0 Å². The van der Waals surface area contributed by atoms with E-state index in [4.69, 9.17) is 4.98 Å². The van der Waals surface area contributed by atoms with Crippen molar-refractivity contribution in [3.63, 3.8) is 0 Å². The Morgan fingerprint density at radius 3 is 1.85 bits per heavy atom. The number of rotatable bonds is 4. The van der Waals surface area contributed by atoms with Gasteiger partial charge in [0.1, 0.15) is 5.82 Å². The van der Waals surface area contributed by atoms with Gasteiger partial charge >= 0.3 is 0 Å². The molecule has 3 nitrogen and oxygen atoms in total. The molecule has 0 saturated heterocycles. The first-order valence-corrected chi connectivity index (χ1v) is 15.8. The van der Waals surface area contributed by atoms with Crippen LogP contribution in [0.15, 0.2) is 152 Å². The molecule has 9 aromatic rings. The minimum absolute atomic E-state index is 0.909. The molecule has 0 fully saturated rings. The van der Waals surface area contributed by atoms with Gasteiger partial charge in [-0.15, -0.1) is 0 Å². The summed E-state index contributed by atoms with van der Waals surface area (Å²) in [5.74, 6) is 0.909. The van der Waals surface area contributed by atoms with Crippen LogP contribution in [0.4, 0.5) is 0 Å². The molecule has 218 valence electrons. The van der Waals surface area contributed by atoms with Crippen molar-refractivity contribution in [3.8, 4) is 33.9 Å². The average molecular weight is 590 g/mol. The molecular weight excluding hydrogens is 558 g/mol. The molecule has 0 N–H and O–H groups in total. The summed E-state index contributed by atoms with van der Waals surface area (Å²) in [5, 5.41) is 6.21. The van der Waals surface area contributed by atoms with E-state index in [0.717, 1.165) is 33.7 Å². The molecule has 0 saturated carbocycles. The molecule has 0 amide bonds. The van der Waals surface area contributed by atoms with Gasteiger partial charge in [0, 0.05) is 33.1 Å². The average Bonchev–Trinajstić information content (AvgIpc) is 3.58. The van der Waals surface area contributed by atoms with Crippen LogP contribution in [-0.2, 0) is 0 Å². The third-order valence-corrected chi connectivity index (χ3v) is 9.53. The maximum absolute atomic E-state index is 5.38. The second-order valence-electron chi connectivity index (χ2n) is 12.1. The minimum Gasteiger partial charge on any atom is -0.314 e. The van der Waals surface area contributed by atoms with Crippen LogP contribution in [0.5, 0.6) is 0 Å². The summed E-state index contributed by atoms with van der Waals surface area (Å²) < 4.78 is 4.78. The van der Waals surface area contributed by atoms with Crippen molar-refractivity contribution < 1.29 is 0 Å². The molecule has 46 heavy (non-hydrogen) atoms. The molecular formula is C43H31N3. The lowest BCUT2D eigenvalue weighted by molar-refractivity contribution is 1.04. The standard InChI is InChI=1S/C43H31N3/c1-28-29(2)45(34-19-10-5-11-20-34)40-27-37-41(26-36(28)40)46(39-23-22-31-16-12-13-21-35(31)43(37)39)42-25-33(30-14-6-3-7-15-30)24-38(44-42)32-17-8-4-9-18-32/h3-27H,1-2H3. The van der Waals surface area contributed by atoms with Crippen LogP contribution >= 0.6 is 0 Å². The molecule has 0 atom stereocenters. The number of hydrogen-bond donors (Lipinski definition) is 0. The molecule has 6 aromatic carbocycles. The minimum atomic E-state index is 0.909. The smallest absolute Gasteiger partial charge is 0.138 e. The Kier molecular flexibility index (Phi) is 5.94. The van der Waals surface area contributed by atoms with Gasteiger partial charge in [-0.3, -0.25) is 4.57 Å². The second-order valence-corrected chi connectivity index (χ2v) is 12.1. The van der Waals surface area contributed by atoms with Crippen LogP contribution in [0.25, 0.3) is 77.4 Å². The lowest BCUT2D eigenvalue weighted by atomic mass is 10.0. The highest BCUT2D eigenvalue weighted by molar-refractivity contribution is 6.23. The summed E-state index contributed by atoms with van der Waals surface area (Å²) in [7, 11) is 0. The first-order valence-electron chi connectivity index (χ1n) is 15.8. The van der Waals surface area contributed by atoms with Crippen LogP contribution in [0.2, 0.25) is 0 Å². The Morgan fingerprint density at radius 2 is 1.09 bits per heavy atom. The number of aryl methyl sites for hydroxylation is 1. The fourth-order valence-corrected chi connectivity index (χ4v) is 7.19. The molecule has 0 bridgehead atoms. The Morgan fingerprint density at radius 1 is 0.457 bits per heavy atom. The van der Waals surface area contributed by atoms with E-state index in [9.17, 15) is 0 Å². The van der Waals surface area contributed by atoms with Gasteiger partial charge in [0.15, 0.2) is 0 Å². The molecule has 0 aliphatic heterocycles. The number of aromatic nitrogens is 3. The van der Waals surface area contributed by atoms with Crippen LogP contribution < -0.4 is 0 Å². The zero-order valence-corrected chi connectivity index (χ0v) is 25.8. The third-order valence-electron chi connectivity index (χ3n) is 9.53. The van der Waals surface area contributed by atoms with Crippen molar-refractivity contribution in [2.24, 2.45) is 0 Å². The molecule has 3 heterocycles. The van der Waals surface area contributed by atoms with Gasteiger partial charge in [-0.05, 0) is 83.8 Å². The Hall–Kier alpha value is -5.93. The highest BCUT2D eigenvalue weighted by Gasteiger charge is 2.21. The van der Waals surface area contributed by atoms with E-state index in [1.54, 1.807) is 0 Å². The molecule has 3 aromatic heterocycles. The third kappa shape index (κ3) is 4.02. The molecule has 3 heteroatoms. The van der Waals surface area contributed by atoms with E-state index in [1.807, 2.05) is 0 Å². The lowest BCUT2D eigenvalue weighted by Crippen LogP contribution is -2.00. The van der Waals surface area contributed by atoms with E-state index in [2.05, 4.69) is 175 Å². The summed E-state index contributed by atoms with van der Waals surface area (Å²) in [6.07, 6.45) is 0. The zero-order valence-electron chi connectivity index (χ0n) is 25.8. The SMILES string of the molecule is Cc1c(C)n(-c2ccccc2)c2cc3c4c5ccccc5ccc4n(-c4cc(-c5ccccc5)cc(-c5ccccc5)n4)c3cc12. The maximum Gasteiger partial charge on any atom is 0.138 e. The Balaban J connectivity index is 1.43. The fraction of sp³-hybridized carbons (Fsp3) is 0.0465. The molecule has 0 unspecified atom stereocenters. The molecule has 0 radical (unpaired) electrons. The first-order chi connectivity index (χ1) is 22.7. The summed E-state index contributed by atoms with van der Waals surface area (Å²) in [5.41, 5.74) is 11.6. The monoisotopic (exact) mass is 589 g/mol. The number of para-hydroxylation sites is 1. The van der Waals surface area contributed by atoms with Gasteiger partial charge < -0.3 is 4.57 Å². The lowest BCUT2D eigenvalue weighted by Gasteiger charge is -2.13. The van der Waals surface area contributed by atoms with E-state index < -0.39 is 0 Å². The topological polar surface area (TPSA) is 22.8 Å². The predicted molar refractivity (Wildman–Crippen MR) is 193 cm³/mol. The zero-order chi connectivity index (χ0) is 30.8.